The van der Waals surface area contributed by atoms with Gasteiger partial charge in [0.05, 0.1) is 12.8 Å². The number of rotatable bonds is 8. The second kappa shape index (κ2) is 8.60. The third-order valence-corrected chi connectivity index (χ3v) is 4.06. The molecule has 2 N–H and O–H groups in total. The van der Waals surface area contributed by atoms with Crippen molar-refractivity contribution in [2.45, 2.75) is 31.3 Å². The van der Waals surface area contributed by atoms with Gasteiger partial charge in [0.2, 0.25) is 0 Å². The summed E-state index contributed by atoms with van der Waals surface area (Å²) >= 11 is 1.57. The maximum absolute atomic E-state index is 12.1. The lowest BCUT2D eigenvalue weighted by Gasteiger charge is -2.05. The molecule has 6 heteroatoms. The summed E-state index contributed by atoms with van der Waals surface area (Å²) in [5.41, 5.74) is 1.63. The normalized spacial score (nSPS) is 10.6. The summed E-state index contributed by atoms with van der Waals surface area (Å²) in [5, 5.41) is 15.9. The van der Waals surface area contributed by atoms with Gasteiger partial charge in [-0.05, 0) is 30.7 Å². The van der Waals surface area contributed by atoms with E-state index in [1.54, 1.807) is 30.1 Å². The number of nitrogens with zero attached hydrogens (tertiary/aromatic N) is 2. The van der Waals surface area contributed by atoms with Crippen LogP contribution in [0.2, 0.25) is 0 Å². The van der Waals surface area contributed by atoms with Crippen molar-refractivity contribution >= 4 is 17.7 Å². The van der Waals surface area contributed by atoms with E-state index >= 15 is 0 Å². The van der Waals surface area contributed by atoms with Gasteiger partial charge in [-0.15, -0.1) is 11.8 Å². The molecule has 0 unspecified atom stereocenters. The molecule has 0 saturated carbocycles. The molecular weight excluding hydrogens is 298 g/mol. The molecule has 118 valence electrons. The van der Waals surface area contributed by atoms with E-state index in [9.17, 15) is 4.79 Å². The first-order chi connectivity index (χ1) is 10.7. The Kier molecular flexibility index (Phi) is 6.48. The van der Waals surface area contributed by atoms with Gasteiger partial charge in [-0.2, -0.15) is 5.10 Å². The van der Waals surface area contributed by atoms with Gasteiger partial charge in [0.15, 0.2) is 0 Å². The first-order valence-electron chi connectivity index (χ1n) is 7.36. The Labute approximate surface area is 134 Å². The first kappa shape index (κ1) is 16.6. The third kappa shape index (κ3) is 4.89. The van der Waals surface area contributed by atoms with Gasteiger partial charge in [0.25, 0.3) is 5.91 Å². The predicted octanol–water partition coefficient (Wildman–Crippen LogP) is 2.31. The summed E-state index contributed by atoms with van der Waals surface area (Å²) in [6.45, 7) is 3.62. The zero-order chi connectivity index (χ0) is 15.8. The Bertz CT molecular complexity index is 596. The molecule has 0 saturated heterocycles. The maximum atomic E-state index is 12.1. The van der Waals surface area contributed by atoms with Crippen LogP contribution in [0.25, 0.3) is 0 Å². The van der Waals surface area contributed by atoms with E-state index in [-0.39, 0.29) is 12.5 Å². The number of benzene rings is 1. The molecular formula is C16H21N3O2S. The number of carbonyl (C=O) groups excluding carboxylic acids is 1. The van der Waals surface area contributed by atoms with Crippen LogP contribution >= 0.6 is 11.8 Å². The van der Waals surface area contributed by atoms with Crippen molar-refractivity contribution in [3.05, 3.63) is 47.8 Å². The van der Waals surface area contributed by atoms with Gasteiger partial charge in [-0.1, -0.05) is 6.92 Å². The highest BCUT2D eigenvalue weighted by Crippen LogP contribution is 2.17. The van der Waals surface area contributed by atoms with Crippen molar-refractivity contribution in [1.82, 2.24) is 15.1 Å². The maximum Gasteiger partial charge on any atom is 0.251 e. The smallest absolute Gasteiger partial charge is 0.251 e. The average molecular weight is 319 g/mol. The number of nitrogens with one attached hydrogen (secondary N) is 1. The number of thioether (sulfide) groups is 1. The van der Waals surface area contributed by atoms with Crippen LogP contribution in [0.3, 0.4) is 0 Å². The van der Waals surface area contributed by atoms with Crippen LogP contribution in [-0.2, 0) is 13.1 Å². The second-order valence-electron chi connectivity index (χ2n) is 4.89. The molecule has 2 aromatic rings. The molecule has 5 nitrogen and oxygen atoms in total. The van der Waals surface area contributed by atoms with Crippen molar-refractivity contribution in [2.24, 2.45) is 0 Å². The number of hydrogen-bond acceptors (Lipinski definition) is 4. The van der Waals surface area contributed by atoms with E-state index in [1.165, 1.54) is 0 Å². The van der Waals surface area contributed by atoms with Gasteiger partial charge in [0, 0.05) is 41.1 Å². The lowest BCUT2D eigenvalue weighted by molar-refractivity contribution is 0.0951. The first-order valence-corrected chi connectivity index (χ1v) is 8.34. The van der Waals surface area contributed by atoms with Crippen LogP contribution < -0.4 is 5.32 Å². The molecule has 0 aliphatic rings. The molecule has 22 heavy (non-hydrogen) atoms. The number of aryl methyl sites for hydroxylation is 1. The predicted molar refractivity (Wildman–Crippen MR) is 87.9 cm³/mol. The lowest BCUT2D eigenvalue weighted by Crippen LogP contribution is -2.22. The van der Waals surface area contributed by atoms with Gasteiger partial charge < -0.3 is 10.4 Å². The molecule has 0 atom stereocenters. The average Bonchev–Trinajstić information content (AvgIpc) is 2.99. The monoisotopic (exact) mass is 319 g/mol. The lowest BCUT2D eigenvalue weighted by atomic mass is 10.2. The number of aliphatic hydroxyl groups is 1. The molecule has 1 amide bonds. The standard InChI is InChI=1S/C16H21N3O2S/c1-2-7-19-12-13(11-18-19)10-17-16(21)14-3-5-15(6-4-14)22-9-8-20/h3-6,11-12,20H,2,7-10H2,1H3,(H,17,21). The van der Waals surface area contributed by atoms with Gasteiger partial charge in [0.1, 0.15) is 0 Å². The molecule has 0 bridgehead atoms. The van der Waals surface area contributed by atoms with Crippen LogP contribution in [0.4, 0.5) is 0 Å². The topological polar surface area (TPSA) is 67.2 Å². The molecule has 0 spiro atoms. The summed E-state index contributed by atoms with van der Waals surface area (Å²) in [6.07, 6.45) is 4.77. The minimum Gasteiger partial charge on any atom is -0.396 e. The molecule has 2 rings (SSSR count). The second-order valence-corrected chi connectivity index (χ2v) is 6.06. The van der Waals surface area contributed by atoms with Crippen molar-refractivity contribution in [3.8, 4) is 0 Å². The van der Waals surface area contributed by atoms with Crippen LogP contribution in [-0.4, -0.2) is 33.2 Å². The van der Waals surface area contributed by atoms with Crippen molar-refractivity contribution in [3.63, 3.8) is 0 Å². The fourth-order valence-corrected chi connectivity index (χ4v) is 2.66. The molecule has 1 aromatic heterocycles. The number of aliphatic hydroxyl groups excluding tert-OH is 1. The molecule has 1 heterocycles. The number of amides is 1. The van der Waals surface area contributed by atoms with E-state index in [4.69, 9.17) is 5.11 Å². The summed E-state index contributed by atoms with van der Waals surface area (Å²) in [7, 11) is 0. The van der Waals surface area contributed by atoms with E-state index < -0.39 is 0 Å². The number of hydrogen-bond donors (Lipinski definition) is 2. The third-order valence-electron chi connectivity index (χ3n) is 3.07. The zero-order valence-corrected chi connectivity index (χ0v) is 13.5. The summed E-state index contributed by atoms with van der Waals surface area (Å²) in [4.78, 5) is 13.1. The Balaban J connectivity index is 1.85. The Morgan fingerprint density at radius 1 is 1.36 bits per heavy atom. The van der Waals surface area contributed by atoms with Crippen molar-refractivity contribution < 1.29 is 9.90 Å². The van der Waals surface area contributed by atoms with E-state index in [1.807, 2.05) is 23.0 Å². The molecule has 0 fully saturated rings. The fraction of sp³-hybridized carbons (Fsp3) is 0.375. The Morgan fingerprint density at radius 2 is 2.14 bits per heavy atom. The Morgan fingerprint density at radius 3 is 2.82 bits per heavy atom. The van der Waals surface area contributed by atoms with E-state index in [0.717, 1.165) is 23.4 Å². The SMILES string of the molecule is CCCn1cc(CNC(=O)c2ccc(SCCO)cc2)cn1. The minimum absolute atomic E-state index is 0.0954. The van der Waals surface area contributed by atoms with Crippen molar-refractivity contribution in [1.29, 1.82) is 0 Å². The number of aromatic nitrogens is 2. The van der Waals surface area contributed by atoms with Gasteiger partial charge in [-0.3, -0.25) is 9.48 Å². The highest BCUT2D eigenvalue weighted by Gasteiger charge is 2.06. The summed E-state index contributed by atoms with van der Waals surface area (Å²) < 4.78 is 1.88. The van der Waals surface area contributed by atoms with Crippen LogP contribution in [0.15, 0.2) is 41.6 Å². The summed E-state index contributed by atoms with van der Waals surface area (Å²) in [5.74, 6) is 0.565. The zero-order valence-electron chi connectivity index (χ0n) is 12.7. The van der Waals surface area contributed by atoms with Crippen LogP contribution in [0.1, 0.15) is 29.3 Å². The fourth-order valence-electron chi connectivity index (χ4n) is 2.00. The highest BCUT2D eigenvalue weighted by molar-refractivity contribution is 7.99. The highest BCUT2D eigenvalue weighted by atomic mass is 32.2. The van der Waals surface area contributed by atoms with Gasteiger partial charge in [-0.25, -0.2) is 0 Å². The molecule has 0 aliphatic carbocycles. The molecule has 1 aromatic carbocycles. The van der Waals surface area contributed by atoms with Crippen LogP contribution in [0, 0.1) is 0 Å². The van der Waals surface area contributed by atoms with Crippen molar-refractivity contribution in [2.75, 3.05) is 12.4 Å². The summed E-state index contributed by atoms with van der Waals surface area (Å²) in [6, 6.07) is 7.40. The minimum atomic E-state index is -0.0954. The quantitative estimate of drug-likeness (QED) is 0.733. The van der Waals surface area contributed by atoms with Gasteiger partial charge >= 0.3 is 0 Å². The van der Waals surface area contributed by atoms with Crippen LogP contribution in [0.5, 0.6) is 0 Å². The Hall–Kier alpha value is -1.79. The van der Waals surface area contributed by atoms with E-state index in [0.29, 0.717) is 17.9 Å². The van der Waals surface area contributed by atoms with E-state index in [2.05, 4.69) is 17.3 Å². The molecule has 0 aliphatic heterocycles. The molecule has 0 radical (unpaired) electrons. The largest absolute Gasteiger partial charge is 0.396 e. The number of carbonyl (C=O) groups is 1.